The Kier molecular flexibility index (Phi) is 8.52. The number of carbonyl (C=O) groups excluding carboxylic acids is 1. The van der Waals surface area contributed by atoms with E-state index in [2.05, 4.69) is 60.1 Å². The topological polar surface area (TPSA) is 57.5 Å². The van der Waals surface area contributed by atoms with Crippen molar-refractivity contribution in [2.24, 2.45) is 10.1 Å². The van der Waals surface area contributed by atoms with E-state index in [9.17, 15) is 4.79 Å². The van der Waals surface area contributed by atoms with E-state index in [-0.39, 0.29) is 11.9 Å². The van der Waals surface area contributed by atoms with Crippen LogP contribution >= 0.6 is 11.8 Å². The Hall–Kier alpha value is -4.88. The Balaban J connectivity index is 1.25. The van der Waals surface area contributed by atoms with Gasteiger partial charge in [-0.2, -0.15) is 5.10 Å². The highest BCUT2D eigenvalue weighted by Gasteiger charge is 2.33. The van der Waals surface area contributed by atoms with Gasteiger partial charge in [0.25, 0.3) is 5.91 Å². The van der Waals surface area contributed by atoms with Crippen LogP contribution in [0.15, 0.2) is 137 Å². The predicted octanol–water partition coefficient (Wildman–Crippen LogP) is 8.23. The minimum atomic E-state index is -0.0838. The molecule has 4 aromatic rings. The molecule has 0 saturated carbocycles. The molecule has 0 aromatic heterocycles. The number of aliphatic imine (C=N–C) groups is 1. The summed E-state index contributed by atoms with van der Waals surface area (Å²) in [6.45, 7) is 6.77. The van der Waals surface area contributed by atoms with Gasteiger partial charge in [0, 0.05) is 13.0 Å². The van der Waals surface area contributed by atoms with E-state index in [4.69, 9.17) is 14.8 Å². The number of amidine groups is 1. The van der Waals surface area contributed by atoms with Gasteiger partial charge in [-0.15, -0.1) is 6.58 Å². The zero-order valence-corrected chi connectivity index (χ0v) is 24.8. The second kappa shape index (κ2) is 13.0. The third-order valence-corrected chi connectivity index (χ3v) is 8.24. The lowest BCUT2D eigenvalue weighted by molar-refractivity contribution is -0.121. The van der Waals surface area contributed by atoms with Gasteiger partial charge < -0.3 is 4.74 Å². The van der Waals surface area contributed by atoms with Gasteiger partial charge in [0.15, 0.2) is 5.17 Å². The summed E-state index contributed by atoms with van der Waals surface area (Å²) in [5.74, 6) is 0.707. The van der Waals surface area contributed by atoms with E-state index in [1.54, 1.807) is 11.0 Å². The summed E-state index contributed by atoms with van der Waals surface area (Å²) >= 11 is 1.37. The molecule has 2 aliphatic rings. The molecule has 1 saturated heterocycles. The van der Waals surface area contributed by atoms with Gasteiger partial charge in [-0.05, 0) is 77.9 Å². The minimum Gasteiger partial charge on any atom is -0.494 e. The normalized spacial score (nSPS) is 18.4. The maximum Gasteiger partial charge on any atom is 0.267 e. The van der Waals surface area contributed by atoms with Gasteiger partial charge in [0.1, 0.15) is 5.75 Å². The molecule has 0 spiro atoms. The average molecular weight is 585 g/mol. The number of hydrogen-bond acceptors (Lipinski definition) is 6. The summed E-state index contributed by atoms with van der Waals surface area (Å²) in [6.07, 6.45) is 4.46. The van der Waals surface area contributed by atoms with Gasteiger partial charge in [0.2, 0.25) is 0 Å². The number of amides is 1. The molecule has 6 nitrogen and oxygen atoms in total. The number of hydrogen-bond donors (Lipinski definition) is 0. The zero-order valence-electron chi connectivity index (χ0n) is 24.0. The summed E-state index contributed by atoms with van der Waals surface area (Å²) < 4.78 is 5.54. The van der Waals surface area contributed by atoms with Crippen LogP contribution in [0.4, 0.5) is 11.4 Å². The van der Waals surface area contributed by atoms with Crippen molar-refractivity contribution in [1.29, 1.82) is 0 Å². The first-order valence-corrected chi connectivity index (χ1v) is 15.2. The van der Waals surface area contributed by atoms with Gasteiger partial charge >= 0.3 is 0 Å². The Morgan fingerprint density at radius 3 is 2.33 bits per heavy atom. The molecular weight excluding hydrogens is 552 g/mol. The molecule has 1 amide bonds. The van der Waals surface area contributed by atoms with Crippen LogP contribution in [0.25, 0.3) is 6.08 Å². The lowest BCUT2D eigenvalue weighted by Gasteiger charge is -2.24. The van der Waals surface area contributed by atoms with Crippen molar-refractivity contribution in [3.8, 4) is 5.75 Å². The van der Waals surface area contributed by atoms with Crippen LogP contribution in [-0.4, -0.2) is 34.8 Å². The molecule has 1 fully saturated rings. The molecule has 1 unspecified atom stereocenters. The number of ether oxygens (including phenoxy) is 1. The molecule has 0 radical (unpaired) electrons. The summed E-state index contributed by atoms with van der Waals surface area (Å²) in [5, 5.41) is 7.80. The van der Waals surface area contributed by atoms with Crippen LogP contribution < -0.4 is 9.75 Å². The van der Waals surface area contributed by atoms with E-state index in [1.807, 2.05) is 73.7 Å². The van der Waals surface area contributed by atoms with Crippen LogP contribution in [0.3, 0.4) is 0 Å². The molecule has 0 aliphatic carbocycles. The fourth-order valence-corrected chi connectivity index (χ4v) is 6.15. The third kappa shape index (κ3) is 6.32. The van der Waals surface area contributed by atoms with Crippen molar-refractivity contribution in [3.05, 3.63) is 143 Å². The summed E-state index contributed by atoms with van der Waals surface area (Å²) in [7, 11) is 0. The second-order valence-electron chi connectivity index (χ2n) is 10.1. The van der Waals surface area contributed by atoms with Crippen molar-refractivity contribution >= 4 is 46.0 Å². The molecule has 2 heterocycles. The van der Waals surface area contributed by atoms with Crippen molar-refractivity contribution in [2.75, 3.05) is 18.2 Å². The van der Waals surface area contributed by atoms with Crippen molar-refractivity contribution < 1.29 is 9.53 Å². The van der Waals surface area contributed by atoms with Gasteiger partial charge in [-0.25, -0.2) is 4.99 Å². The quantitative estimate of drug-likeness (QED) is 0.147. The fourth-order valence-electron chi connectivity index (χ4n) is 5.14. The molecule has 7 heteroatoms. The van der Waals surface area contributed by atoms with E-state index in [0.29, 0.717) is 23.2 Å². The minimum absolute atomic E-state index is 0.0838. The first-order valence-electron chi connectivity index (χ1n) is 14.3. The Morgan fingerprint density at radius 2 is 1.65 bits per heavy atom. The standard InChI is InChI=1S/C36H32N4O2S/c1-3-23-39-35(41)34(43-36(39)37-29-17-21-31(22-18-29)42-4-2)24-26-15-19-30(20-16-26)40-33(28-13-9-6-10-14-28)25-32(38-40)27-11-7-5-8-12-27/h3,5-22,24,33H,1,4,23,25H2,2H3. The lowest BCUT2D eigenvalue weighted by atomic mass is 9.98. The second-order valence-corrected chi connectivity index (χ2v) is 11.1. The van der Waals surface area contributed by atoms with E-state index in [0.717, 1.165) is 40.4 Å². The summed E-state index contributed by atoms with van der Waals surface area (Å²) in [4.78, 5) is 20.4. The van der Waals surface area contributed by atoms with Crippen molar-refractivity contribution in [3.63, 3.8) is 0 Å². The average Bonchev–Trinajstić information content (AvgIpc) is 3.62. The van der Waals surface area contributed by atoms with Crippen LogP contribution in [0.2, 0.25) is 0 Å². The number of hydrazone groups is 1. The molecule has 1 atom stereocenters. The van der Waals surface area contributed by atoms with Crippen LogP contribution in [0.1, 0.15) is 36.1 Å². The highest BCUT2D eigenvalue weighted by atomic mass is 32.2. The zero-order chi connectivity index (χ0) is 29.6. The van der Waals surface area contributed by atoms with Crippen molar-refractivity contribution in [1.82, 2.24) is 4.90 Å². The van der Waals surface area contributed by atoms with Crippen LogP contribution in [0.5, 0.6) is 5.75 Å². The Bertz CT molecular complexity index is 1680. The maximum absolute atomic E-state index is 13.3. The molecule has 214 valence electrons. The summed E-state index contributed by atoms with van der Waals surface area (Å²) in [5.41, 5.74) is 6.11. The molecule has 43 heavy (non-hydrogen) atoms. The molecular formula is C36H32N4O2S. The van der Waals surface area contributed by atoms with Crippen LogP contribution in [0, 0.1) is 0 Å². The van der Waals surface area contributed by atoms with Gasteiger partial charge in [0.05, 0.1) is 34.6 Å². The smallest absolute Gasteiger partial charge is 0.267 e. The Labute approximate surface area is 256 Å². The van der Waals surface area contributed by atoms with Crippen molar-refractivity contribution in [2.45, 2.75) is 19.4 Å². The highest BCUT2D eigenvalue weighted by Crippen LogP contribution is 2.38. The SMILES string of the molecule is C=CCN1C(=O)C(=Cc2ccc(N3N=C(c4ccccc4)CC3c3ccccc3)cc2)SC1=Nc1ccc(OCC)cc1. The molecule has 6 rings (SSSR count). The first-order chi connectivity index (χ1) is 21.1. The number of rotatable bonds is 9. The molecule has 0 bridgehead atoms. The fraction of sp³-hybridized carbons (Fsp3) is 0.139. The monoisotopic (exact) mass is 584 g/mol. The summed E-state index contributed by atoms with van der Waals surface area (Å²) in [6, 6.07) is 36.7. The Morgan fingerprint density at radius 1 is 0.953 bits per heavy atom. The van der Waals surface area contributed by atoms with E-state index in [1.165, 1.54) is 17.3 Å². The highest BCUT2D eigenvalue weighted by molar-refractivity contribution is 8.18. The van der Waals surface area contributed by atoms with E-state index >= 15 is 0 Å². The lowest BCUT2D eigenvalue weighted by Crippen LogP contribution is -2.29. The van der Waals surface area contributed by atoms with Gasteiger partial charge in [-0.1, -0.05) is 78.9 Å². The molecule has 4 aromatic carbocycles. The predicted molar refractivity (Wildman–Crippen MR) is 178 cm³/mol. The van der Waals surface area contributed by atoms with E-state index < -0.39 is 0 Å². The maximum atomic E-state index is 13.3. The van der Waals surface area contributed by atoms with Gasteiger partial charge in [-0.3, -0.25) is 14.7 Å². The molecule has 2 aliphatic heterocycles. The molecule has 0 N–H and O–H groups in total. The first kappa shape index (κ1) is 28.2. The largest absolute Gasteiger partial charge is 0.494 e. The number of anilines is 1. The number of carbonyl (C=O) groups is 1. The van der Waals surface area contributed by atoms with Crippen LogP contribution in [-0.2, 0) is 4.79 Å². The number of benzene rings is 4. The third-order valence-electron chi connectivity index (χ3n) is 7.23. The number of nitrogens with zero attached hydrogens (tertiary/aromatic N) is 4. The number of thioether (sulfide) groups is 1.